The summed E-state index contributed by atoms with van der Waals surface area (Å²) in [5, 5.41) is 11.1. The van der Waals surface area contributed by atoms with Gasteiger partial charge in [0.2, 0.25) is 5.65 Å². The molecule has 0 aliphatic heterocycles. The van der Waals surface area contributed by atoms with Gasteiger partial charge in [0, 0.05) is 5.92 Å². The molecule has 0 aliphatic rings. The topological polar surface area (TPSA) is 80.5 Å². The molecule has 0 radical (unpaired) electrons. The van der Waals surface area contributed by atoms with E-state index in [-0.39, 0.29) is 5.92 Å². The second-order valence-electron chi connectivity index (χ2n) is 6.47. The maximum Gasteiger partial charge on any atom is 0.203 e. The van der Waals surface area contributed by atoms with Gasteiger partial charge in [0.1, 0.15) is 11.3 Å². The van der Waals surface area contributed by atoms with Crippen LogP contribution in [-0.2, 0) is 6.42 Å². The Labute approximate surface area is 152 Å². The summed E-state index contributed by atoms with van der Waals surface area (Å²) in [7, 11) is 0. The van der Waals surface area contributed by atoms with Crippen molar-refractivity contribution >= 4 is 17.0 Å². The second kappa shape index (κ2) is 7.35. The molecule has 26 heavy (non-hydrogen) atoms. The van der Waals surface area contributed by atoms with Crippen LogP contribution < -0.4 is 5.73 Å². The molecule has 0 saturated heterocycles. The molecule has 0 spiro atoms. The summed E-state index contributed by atoms with van der Waals surface area (Å²) < 4.78 is 0. The molecule has 0 amide bonds. The number of aromatic amines is 1. The molecule has 2 aromatic carbocycles. The standard InChI is InChI=1S/C21H21N5/c22-19-14-18(20-21(23-19)25-26-24-20)17(16-11-5-2-6-12-16)13-7-10-15-8-3-1-4-9-15/h1-6,8-9,11-12,14,17H,7,10,13H2,(H3,22,23,24,25,26)/t17-/m1/s1. The molecular weight excluding hydrogens is 322 g/mol. The van der Waals surface area contributed by atoms with E-state index >= 15 is 0 Å². The van der Waals surface area contributed by atoms with E-state index in [1.165, 1.54) is 11.1 Å². The lowest BCUT2D eigenvalue weighted by atomic mass is 9.86. The van der Waals surface area contributed by atoms with Gasteiger partial charge in [-0.15, -0.1) is 5.10 Å². The summed E-state index contributed by atoms with van der Waals surface area (Å²) in [6.45, 7) is 0. The highest BCUT2D eigenvalue weighted by Crippen LogP contribution is 2.33. The molecule has 2 heterocycles. The second-order valence-corrected chi connectivity index (χ2v) is 6.47. The summed E-state index contributed by atoms with van der Waals surface area (Å²) >= 11 is 0. The first-order valence-electron chi connectivity index (χ1n) is 8.87. The number of fused-ring (bicyclic) bond motifs is 1. The zero-order valence-electron chi connectivity index (χ0n) is 14.5. The number of nitrogens with one attached hydrogen (secondary N) is 1. The summed E-state index contributed by atoms with van der Waals surface area (Å²) in [5.74, 6) is 0.684. The van der Waals surface area contributed by atoms with E-state index in [0.29, 0.717) is 11.5 Å². The van der Waals surface area contributed by atoms with Gasteiger partial charge in [-0.2, -0.15) is 10.3 Å². The Morgan fingerprint density at radius 1 is 0.923 bits per heavy atom. The van der Waals surface area contributed by atoms with Crippen LogP contribution in [0, 0.1) is 0 Å². The number of nitrogen functional groups attached to an aromatic ring is 1. The molecule has 4 aromatic rings. The van der Waals surface area contributed by atoms with Crippen molar-refractivity contribution < 1.29 is 0 Å². The first kappa shape index (κ1) is 16.3. The summed E-state index contributed by atoms with van der Waals surface area (Å²) in [4.78, 5) is 4.27. The van der Waals surface area contributed by atoms with Crippen LogP contribution in [0.1, 0.15) is 35.4 Å². The molecule has 5 nitrogen and oxygen atoms in total. The Hall–Kier alpha value is -3.21. The monoisotopic (exact) mass is 343 g/mol. The van der Waals surface area contributed by atoms with Crippen LogP contribution in [0.5, 0.6) is 0 Å². The van der Waals surface area contributed by atoms with Crippen molar-refractivity contribution in [2.24, 2.45) is 0 Å². The smallest absolute Gasteiger partial charge is 0.203 e. The van der Waals surface area contributed by atoms with Crippen LogP contribution in [0.2, 0.25) is 0 Å². The van der Waals surface area contributed by atoms with Crippen molar-refractivity contribution in [2.45, 2.75) is 25.2 Å². The SMILES string of the molecule is Nc1cc([C@H](CCCc2ccccc2)c2ccccc2)c2n[nH]nc2n1. The van der Waals surface area contributed by atoms with E-state index in [9.17, 15) is 0 Å². The van der Waals surface area contributed by atoms with Gasteiger partial charge >= 0.3 is 0 Å². The van der Waals surface area contributed by atoms with Crippen molar-refractivity contribution in [3.8, 4) is 0 Å². The van der Waals surface area contributed by atoms with Crippen LogP contribution in [0.3, 0.4) is 0 Å². The van der Waals surface area contributed by atoms with Gasteiger partial charge in [0.25, 0.3) is 0 Å². The third-order valence-electron chi connectivity index (χ3n) is 4.72. The fourth-order valence-corrected chi connectivity index (χ4v) is 3.49. The highest BCUT2D eigenvalue weighted by Gasteiger charge is 2.20. The van der Waals surface area contributed by atoms with Gasteiger partial charge < -0.3 is 5.73 Å². The fourth-order valence-electron chi connectivity index (χ4n) is 3.49. The van der Waals surface area contributed by atoms with E-state index in [4.69, 9.17) is 5.73 Å². The van der Waals surface area contributed by atoms with E-state index < -0.39 is 0 Å². The number of nitrogens with two attached hydrogens (primary N) is 1. The third kappa shape index (κ3) is 3.42. The first-order chi connectivity index (χ1) is 12.8. The average Bonchev–Trinajstić information content (AvgIpc) is 3.15. The minimum absolute atomic E-state index is 0.206. The minimum atomic E-state index is 0.206. The molecule has 0 fully saturated rings. The molecule has 2 aromatic heterocycles. The van der Waals surface area contributed by atoms with Crippen molar-refractivity contribution in [2.75, 3.05) is 5.73 Å². The van der Waals surface area contributed by atoms with Crippen LogP contribution in [0.4, 0.5) is 5.82 Å². The number of rotatable bonds is 6. The van der Waals surface area contributed by atoms with Gasteiger partial charge in [0.15, 0.2) is 0 Å². The average molecular weight is 343 g/mol. The number of aromatic nitrogens is 4. The zero-order chi connectivity index (χ0) is 17.8. The quantitative estimate of drug-likeness (QED) is 0.552. The lowest BCUT2D eigenvalue weighted by Crippen LogP contribution is -2.05. The van der Waals surface area contributed by atoms with Gasteiger partial charge in [-0.25, -0.2) is 4.98 Å². The largest absolute Gasteiger partial charge is 0.384 e. The lowest BCUT2D eigenvalue weighted by Gasteiger charge is -2.18. The van der Waals surface area contributed by atoms with Gasteiger partial charge in [0.05, 0.1) is 0 Å². The number of H-pyrrole nitrogens is 1. The number of hydrogen-bond acceptors (Lipinski definition) is 4. The molecule has 1 atom stereocenters. The molecule has 0 bridgehead atoms. The Morgan fingerprint density at radius 3 is 2.42 bits per heavy atom. The Morgan fingerprint density at radius 2 is 1.65 bits per heavy atom. The van der Waals surface area contributed by atoms with E-state index in [2.05, 4.69) is 75.0 Å². The highest BCUT2D eigenvalue weighted by atomic mass is 15.3. The molecule has 4 rings (SSSR count). The van der Waals surface area contributed by atoms with Crippen LogP contribution in [0.25, 0.3) is 11.2 Å². The minimum Gasteiger partial charge on any atom is -0.384 e. The van der Waals surface area contributed by atoms with E-state index in [1.54, 1.807) is 0 Å². The lowest BCUT2D eigenvalue weighted by molar-refractivity contribution is 0.663. The van der Waals surface area contributed by atoms with Gasteiger partial charge in [-0.05, 0) is 42.0 Å². The molecule has 5 heteroatoms. The van der Waals surface area contributed by atoms with Gasteiger partial charge in [-0.1, -0.05) is 60.7 Å². The molecule has 3 N–H and O–H groups in total. The number of nitrogens with zero attached hydrogens (tertiary/aromatic N) is 3. The van der Waals surface area contributed by atoms with Crippen molar-refractivity contribution in [1.29, 1.82) is 0 Å². The molecule has 0 saturated carbocycles. The third-order valence-corrected chi connectivity index (χ3v) is 4.72. The van der Waals surface area contributed by atoms with Crippen molar-refractivity contribution in [3.05, 3.63) is 83.4 Å². The van der Waals surface area contributed by atoms with E-state index in [1.807, 2.05) is 12.1 Å². The highest BCUT2D eigenvalue weighted by molar-refractivity contribution is 5.77. The van der Waals surface area contributed by atoms with Crippen molar-refractivity contribution in [1.82, 2.24) is 20.4 Å². The first-order valence-corrected chi connectivity index (χ1v) is 8.87. The number of aryl methyl sites for hydroxylation is 1. The van der Waals surface area contributed by atoms with Gasteiger partial charge in [-0.3, -0.25) is 0 Å². The normalized spacial score (nSPS) is 12.3. The molecule has 0 aliphatic carbocycles. The Bertz CT molecular complexity index is 979. The maximum atomic E-state index is 6.03. The van der Waals surface area contributed by atoms with Crippen molar-refractivity contribution in [3.63, 3.8) is 0 Å². The predicted octanol–water partition coefficient (Wildman–Crippen LogP) is 4.09. The van der Waals surface area contributed by atoms with E-state index in [0.717, 1.165) is 30.3 Å². The zero-order valence-corrected chi connectivity index (χ0v) is 14.5. The molecular formula is C21H21N5. The Balaban J connectivity index is 1.66. The number of benzene rings is 2. The number of anilines is 1. The summed E-state index contributed by atoms with van der Waals surface area (Å²) in [6.07, 6.45) is 3.13. The van der Waals surface area contributed by atoms with Crippen LogP contribution >= 0.6 is 0 Å². The number of pyridine rings is 1. The number of hydrogen-bond donors (Lipinski definition) is 2. The fraction of sp³-hybridized carbons (Fsp3) is 0.190. The molecule has 0 unspecified atom stereocenters. The maximum absolute atomic E-state index is 6.03. The van der Waals surface area contributed by atoms with Crippen LogP contribution in [-0.4, -0.2) is 20.4 Å². The van der Waals surface area contributed by atoms with Crippen LogP contribution in [0.15, 0.2) is 66.7 Å². The molecule has 130 valence electrons. The Kier molecular flexibility index (Phi) is 4.60. The summed E-state index contributed by atoms with van der Waals surface area (Å²) in [5.41, 5.74) is 11.1. The summed E-state index contributed by atoms with van der Waals surface area (Å²) in [6, 6.07) is 23.0. The predicted molar refractivity (Wildman–Crippen MR) is 104 cm³/mol.